The summed E-state index contributed by atoms with van der Waals surface area (Å²) >= 11 is 3.52. The number of rotatable bonds is 11. The molecule has 3 aromatic rings. The van der Waals surface area contributed by atoms with Crippen LogP contribution in [-0.4, -0.2) is 35.9 Å². The van der Waals surface area contributed by atoms with E-state index >= 15 is 0 Å². The van der Waals surface area contributed by atoms with Gasteiger partial charge in [-0.2, -0.15) is 0 Å². The van der Waals surface area contributed by atoms with Crippen LogP contribution in [0.2, 0.25) is 0 Å². The lowest BCUT2D eigenvalue weighted by molar-refractivity contribution is -0.142. The van der Waals surface area contributed by atoms with Gasteiger partial charge in [-0.15, -0.1) is 0 Å². The molecule has 0 saturated carbocycles. The van der Waals surface area contributed by atoms with Gasteiger partial charge >= 0.3 is 0 Å². The van der Waals surface area contributed by atoms with E-state index in [0.717, 1.165) is 15.6 Å². The maximum atomic E-state index is 13.7. The summed E-state index contributed by atoms with van der Waals surface area (Å²) in [4.78, 5) is 28.9. The molecule has 0 fully saturated rings. The molecule has 38 heavy (non-hydrogen) atoms. The molecule has 3 aromatic carbocycles. The van der Waals surface area contributed by atoms with Crippen molar-refractivity contribution >= 4 is 27.7 Å². The average Bonchev–Trinajstić information content (AvgIpc) is 2.88. The summed E-state index contributed by atoms with van der Waals surface area (Å²) in [5, 5.41) is 3.05. The van der Waals surface area contributed by atoms with Crippen molar-refractivity contribution in [1.82, 2.24) is 10.2 Å². The molecule has 0 radical (unpaired) electrons. The van der Waals surface area contributed by atoms with Crippen LogP contribution in [0.3, 0.4) is 0 Å². The molecular weight excluding hydrogens is 540 g/mol. The van der Waals surface area contributed by atoms with Gasteiger partial charge in [0, 0.05) is 24.0 Å². The first kappa shape index (κ1) is 29.4. The van der Waals surface area contributed by atoms with Crippen LogP contribution >= 0.6 is 15.9 Å². The molecule has 6 heteroatoms. The van der Waals surface area contributed by atoms with Crippen LogP contribution in [0.25, 0.3) is 0 Å². The van der Waals surface area contributed by atoms with Crippen molar-refractivity contribution < 1.29 is 14.3 Å². The van der Waals surface area contributed by atoms with E-state index in [-0.39, 0.29) is 30.4 Å². The number of nitrogens with one attached hydrogen (secondary N) is 1. The Balaban J connectivity index is 1.87. The minimum Gasteiger partial charge on any atom is -0.484 e. The van der Waals surface area contributed by atoms with E-state index in [9.17, 15) is 9.59 Å². The summed E-state index contributed by atoms with van der Waals surface area (Å²) in [5.41, 5.74) is 3.14. The minimum absolute atomic E-state index is 0.0309. The standard InChI is InChI=1S/C32H39BrN2O3/c1-23(2)20-34-31(37)29(19-24-10-7-6-8-11-24)35(21-25-12-9-13-27(33)18-25)30(36)22-38-28-16-14-26(15-17-28)32(3,4)5/h6-18,23,29H,19-22H2,1-5H3,(H,34,37). The predicted octanol–water partition coefficient (Wildman–Crippen LogP) is 6.54. The molecule has 5 nitrogen and oxygen atoms in total. The predicted molar refractivity (Wildman–Crippen MR) is 157 cm³/mol. The van der Waals surface area contributed by atoms with Crippen molar-refractivity contribution in [2.45, 2.75) is 59.0 Å². The Labute approximate surface area is 235 Å². The largest absolute Gasteiger partial charge is 0.484 e. The van der Waals surface area contributed by atoms with E-state index in [1.54, 1.807) is 4.90 Å². The van der Waals surface area contributed by atoms with Crippen molar-refractivity contribution in [3.63, 3.8) is 0 Å². The number of hydrogen-bond donors (Lipinski definition) is 1. The molecule has 1 atom stereocenters. The Morgan fingerprint density at radius 3 is 2.18 bits per heavy atom. The maximum absolute atomic E-state index is 13.7. The van der Waals surface area contributed by atoms with Crippen molar-refractivity contribution in [2.75, 3.05) is 13.2 Å². The normalized spacial score (nSPS) is 12.2. The van der Waals surface area contributed by atoms with Gasteiger partial charge in [0.25, 0.3) is 5.91 Å². The number of halogens is 1. The summed E-state index contributed by atoms with van der Waals surface area (Å²) in [6, 6.07) is 24.8. The zero-order valence-electron chi connectivity index (χ0n) is 23.0. The van der Waals surface area contributed by atoms with Crippen molar-refractivity contribution in [1.29, 1.82) is 0 Å². The molecule has 0 bridgehead atoms. The monoisotopic (exact) mass is 578 g/mol. The zero-order chi connectivity index (χ0) is 27.7. The molecule has 0 aliphatic heterocycles. The van der Waals surface area contributed by atoms with Crippen molar-refractivity contribution in [2.24, 2.45) is 5.92 Å². The molecule has 0 aromatic heterocycles. The molecule has 1 N–H and O–H groups in total. The highest BCUT2D eigenvalue weighted by Crippen LogP contribution is 2.24. The van der Waals surface area contributed by atoms with Crippen LogP contribution in [0.5, 0.6) is 5.75 Å². The van der Waals surface area contributed by atoms with E-state index in [0.29, 0.717) is 24.6 Å². The SMILES string of the molecule is CC(C)CNC(=O)C(Cc1ccccc1)N(Cc1cccc(Br)c1)C(=O)COc1ccc(C(C)(C)C)cc1. The summed E-state index contributed by atoms with van der Waals surface area (Å²) in [5.74, 6) is 0.508. The van der Waals surface area contributed by atoms with Crippen LogP contribution in [0.4, 0.5) is 0 Å². The third-order valence-corrected chi connectivity index (χ3v) is 6.77. The molecule has 0 aliphatic rings. The van der Waals surface area contributed by atoms with Crippen LogP contribution in [0.1, 0.15) is 51.3 Å². The van der Waals surface area contributed by atoms with E-state index < -0.39 is 6.04 Å². The van der Waals surface area contributed by atoms with Gasteiger partial charge in [-0.05, 0) is 52.3 Å². The fraction of sp³-hybridized carbons (Fsp3) is 0.375. The number of amides is 2. The first-order chi connectivity index (χ1) is 18.0. The summed E-state index contributed by atoms with van der Waals surface area (Å²) in [6.07, 6.45) is 0.408. The lowest BCUT2D eigenvalue weighted by Crippen LogP contribution is -2.52. The van der Waals surface area contributed by atoms with Crippen molar-refractivity contribution in [3.05, 3.63) is 100 Å². The third-order valence-electron chi connectivity index (χ3n) is 6.28. The average molecular weight is 580 g/mol. The van der Waals surface area contributed by atoms with E-state index in [1.165, 1.54) is 5.56 Å². The minimum atomic E-state index is -0.686. The van der Waals surface area contributed by atoms with Gasteiger partial charge in [0.15, 0.2) is 6.61 Å². The van der Waals surface area contributed by atoms with E-state index in [4.69, 9.17) is 4.74 Å². The molecule has 202 valence electrons. The first-order valence-electron chi connectivity index (χ1n) is 13.1. The van der Waals surface area contributed by atoms with E-state index in [2.05, 4.69) is 55.9 Å². The summed E-state index contributed by atoms with van der Waals surface area (Å²) < 4.78 is 6.84. The fourth-order valence-electron chi connectivity index (χ4n) is 4.09. The third kappa shape index (κ3) is 9.02. The van der Waals surface area contributed by atoms with Gasteiger partial charge < -0.3 is 15.0 Å². The molecule has 0 saturated heterocycles. The number of benzene rings is 3. The van der Waals surface area contributed by atoms with Gasteiger partial charge in [-0.1, -0.05) is 105 Å². The second kappa shape index (κ2) is 13.6. The highest BCUT2D eigenvalue weighted by Gasteiger charge is 2.31. The van der Waals surface area contributed by atoms with Gasteiger partial charge in [0.1, 0.15) is 11.8 Å². The van der Waals surface area contributed by atoms with Crippen LogP contribution in [0, 0.1) is 5.92 Å². The highest BCUT2D eigenvalue weighted by molar-refractivity contribution is 9.10. The van der Waals surface area contributed by atoms with Crippen LogP contribution in [0.15, 0.2) is 83.3 Å². The Morgan fingerprint density at radius 2 is 1.58 bits per heavy atom. The van der Waals surface area contributed by atoms with Crippen LogP contribution < -0.4 is 10.1 Å². The highest BCUT2D eigenvalue weighted by atomic mass is 79.9. The zero-order valence-corrected chi connectivity index (χ0v) is 24.6. The Kier molecular flexibility index (Phi) is 10.5. The molecule has 0 aliphatic carbocycles. The second-order valence-corrected chi connectivity index (χ2v) is 12.0. The fourth-order valence-corrected chi connectivity index (χ4v) is 4.53. The lowest BCUT2D eigenvalue weighted by Gasteiger charge is -2.31. The van der Waals surface area contributed by atoms with Gasteiger partial charge in [-0.25, -0.2) is 0 Å². The number of nitrogens with zero attached hydrogens (tertiary/aromatic N) is 1. The van der Waals surface area contributed by atoms with Crippen LogP contribution in [-0.2, 0) is 28.0 Å². The van der Waals surface area contributed by atoms with Gasteiger partial charge in [0.2, 0.25) is 5.91 Å². The molecule has 0 heterocycles. The topological polar surface area (TPSA) is 58.6 Å². The number of ether oxygens (including phenoxy) is 1. The molecule has 0 spiro atoms. The Bertz CT molecular complexity index is 1190. The van der Waals surface area contributed by atoms with Gasteiger partial charge in [0.05, 0.1) is 0 Å². The number of hydrogen-bond acceptors (Lipinski definition) is 3. The number of carbonyl (C=O) groups is 2. The molecule has 1 unspecified atom stereocenters. The quantitative estimate of drug-likeness (QED) is 0.281. The molecule has 3 rings (SSSR count). The first-order valence-corrected chi connectivity index (χ1v) is 13.9. The maximum Gasteiger partial charge on any atom is 0.261 e. The number of carbonyl (C=O) groups excluding carboxylic acids is 2. The summed E-state index contributed by atoms with van der Waals surface area (Å²) in [7, 11) is 0. The Morgan fingerprint density at radius 1 is 0.921 bits per heavy atom. The smallest absolute Gasteiger partial charge is 0.261 e. The molecular formula is C32H39BrN2O3. The summed E-state index contributed by atoms with van der Waals surface area (Å²) in [6.45, 7) is 11.2. The second-order valence-electron chi connectivity index (χ2n) is 11.1. The van der Waals surface area contributed by atoms with E-state index in [1.807, 2.05) is 78.9 Å². The Hall–Kier alpha value is -3.12. The van der Waals surface area contributed by atoms with Crippen molar-refractivity contribution in [3.8, 4) is 5.75 Å². The molecule has 2 amide bonds. The van der Waals surface area contributed by atoms with Gasteiger partial charge in [-0.3, -0.25) is 9.59 Å². The lowest BCUT2D eigenvalue weighted by atomic mass is 9.87.